The summed E-state index contributed by atoms with van der Waals surface area (Å²) in [6.45, 7) is 7.26. The lowest BCUT2D eigenvalue weighted by molar-refractivity contribution is -0.185. The van der Waals surface area contributed by atoms with Gasteiger partial charge >= 0.3 is 0 Å². The second-order valence-corrected chi connectivity index (χ2v) is 4.32. The number of aliphatic hydroxyl groups excluding tert-OH is 1. The predicted octanol–water partition coefficient (Wildman–Crippen LogP) is 2.35. The number of rotatable bonds is 5. The van der Waals surface area contributed by atoms with E-state index in [0.717, 1.165) is 25.9 Å². The molecule has 3 atom stereocenters. The summed E-state index contributed by atoms with van der Waals surface area (Å²) in [5.41, 5.74) is 0.0216. The Hall–Kier alpha value is -0.0800. The molecule has 1 saturated carbocycles. The van der Waals surface area contributed by atoms with Crippen molar-refractivity contribution in [2.45, 2.75) is 58.7 Å². The Balaban J connectivity index is 2.28. The van der Waals surface area contributed by atoms with Gasteiger partial charge < -0.3 is 9.84 Å². The lowest BCUT2D eigenvalue weighted by Crippen LogP contribution is -2.56. The largest absolute Gasteiger partial charge is 0.392 e. The molecule has 0 amide bonds. The van der Waals surface area contributed by atoms with Crippen molar-refractivity contribution in [3.05, 3.63) is 0 Å². The molecule has 0 radical (unpaired) electrons. The quantitative estimate of drug-likeness (QED) is 0.668. The molecule has 1 aliphatic rings. The molecular weight excluding hydrogens is 164 g/mol. The Bertz CT molecular complexity index is 158. The van der Waals surface area contributed by atoms with Crippen molar-refractivity contribution in [2.75, 3.05) is 6.61 Å². The van der Waals surface area contributed by atoms with Gasteiger partial charge in [-0.25, -0.2) is 0 Å². The molecule has 2 nitrogen and oxygen atoms in total. The second kappa shape index (κ2) is 4.43. The minimum atomic E-state index is -0.149. The number of aliphatic hydroxyl groups is 1. The first-order valence-corrected chi connectivity index (χ1v) is 5.44. The number of ether oxygens (including phenoxy) is 1. The van der Waals surface area contributed by atoms with Crippen molar-refractivity contribution in [3.8, 4) is 0 Å². The maximum Gasteiger partial charge on any atom is 0.0678 e. The van der Waals surface area contributed by atoms with E-state index in [1.54, 1.807) is 0 Å². The molecule has 13 heavy (non-hydrogen) atoms. The van der Waals surface area contributed by atoms with E-state index < -0.39 is 0 Å². The van der Waals surface area contributed by atoms with Crippen molar-refractivity contribution in [3.63, 3.8) is 0 Å². The van der Waals surface area contributed by atoms with Gasteiger partial charge in [0.15, 0.2) is 0 Å². The van der Waals surface area contributed by atoms with Crippen molar-refractivity contribution in [1.82, 2.24) is 0 Å². The van der Waals surface area contributed by atoms with Crippen molar-refractivity contribution >= 4 is 0 Å². The maximum absolute atomic E-state index is 9.61. The summed E-state index contributed by atoms with van der Waals surface area (Å²) in [4.78, 5) is 0. The molecule has 0 bridgehead atoms. The van der Waals surface area contributed by atoms with Gasteiger partial charge in [-0.1, -0.05) is 27.2 Å². The van der Waals surface area contributed by atoms with Crippen LogP contribution in [-0.4, -0.2) is 23.9 Å². The molecule has 1 aliphatic carbocycles. The predicted molar refractivity (Wildman–Crippen MR) is 53.7 cm³/mol. The Morgan fingerprint density at radius 3 is 2.62 bits per heavy atom. The van der Waals surface area contributed by atoms with Gasteiger partial charge in [0.1, 0.15) is 0 Å². The van der Waals surface area contributed by atoms with Crippen LogP contribution in [0.5, 0.6) is 0 Å². The number of hydrogen-bond donors (Lipinski definition) is 1. The lowest BCUT2D eigenvalue weighted by Gasteiger charge is -2.50. The Morgan fingerprint density at radius 2 is 2.15 bits per heavy atom. The summed E-state index contributed by atoms with van der Waals surface area (Å²) < 4.78 is 5.74. The van der Waals surface area contributed by atoms with Gasteiger partial charge in [-0.2, -0.15) is 0 Å². The Morgan fingerprint density at radius 1 is 1.46 bits per heavy atom. The molecule has 78 valence electrons. The van der Waals surface area contributed by atoms with E-state index in [0.29, 0.717) is 6.10 Å². The maximum atomic E-state index is 9.61. The van der Waals surface area contributed by atoms with Crippen LogP contribution in [0, 0.1) is 5.41 Å². The van der Waals surface area contributed by atoms with Gasteiger partial charge in [0, 0.05) is 18.4 Å². The zero-order valence-electron chi connectivity index (χ0n) is 9.05. The fraction of sp³-hybridized carbons (Fsp3) is 1.00. The molecule has 1 rings (SSSR count). The SMILES string of the molecule is CCCCOC1CC(O)C1(C)CC. The second-order valence-electron chi connectivity index (χ2n) is 4.32. The van der Waals surface area contributed by atoms with Crippen LogP contribution in [-0.2, 0) is 4.74 Å². The fourth-order valence-corrected chi connectivity index (χ4v) is 1.89. The third-order valence-electron chi connectivity index (χ3n) is 3.51. The van der Waals surface area contributed by atoms with Crippen LogP contribution in [0.15, 0.2) is 0 Å². The van der Waals surface area contributed by atoms with Crippen LogP contribution >= 0.6 is 0 Å². The normalized spacial score (nSPS) is 38.8. The first kappa shape index (κ1) is 11.0. The van der Waals surface area contributed by atoms with E-state index in [1.165, 1.54) is 6.42 Å². The molecule has 0 aliphatic heterocycles. The molecule has 2 heteroatoms. The minimum absolute atomic E-state index is 0.0216. The Labute approximate surface area is 81.3 Å². The highest BCUT2D eigenvalue weighted by atomic mass is 16.5. The summed E-state index contributed by atoms with van der Waals surface area (Å²) in [5, 5.41) is 9.61. The summed E-state index contributed by atoms with van der Waals surface area (Å²) in [6, 6.07) is 0. The molecule has 0 aromatic rings. The van der Waals surface area contributed by atoms with E-state index in [1.807, 2.05) is 0 Å². The molecular formula is C11H22O2. The Kier molecular flexibility index (Phi) is 3.74. The third kappa shape index (κ3) is 2.05. The fourth-order valence-electron chi connectivity index (χ4n) is 1.89. The van der Waals surface area contributed by atoms with E-state index in [9.17, 15) is 5.11 Å². The van der Waals surface area contributed by atoms with E-state index in [-0.39, 0.29) is 11.5 Å². The van der Waals surface area contributed by atoms with Crippen LogP contribution < -0.4 is 0 Å². The van der Waals surface area contributed by atoms with E-state index in [4.69, 9.17) is 4.74 Å². The highest BCUT2D eigenvalue weighted by Crippen LogP contribution is 2.45. The van der Waals surface area contributed by atoms with Gasteiger partial charge in [-0.3, -0.25) is 0 Å². The van der Waals surface area contributed by atoms with Gasteiger partial charge in [-0.15, -0.1) is 0 Å². The minimum Gasteiger partial charge on any atom is -0.392 e. The van der Waals surface area contributed by atoms with Crippen LogP contribution in [0.2, 0.25) is 0 Å². The van der Waals surface area contributed by atoms with E-state index >= 15 is 0 Å². The standard InChI is InChI=1S/C11H22O2/c1-4-6-7-13-10-8-9(12)11(10,3)5-2/h9-10,12H,4-8H2,1-3H3. The molecule has 3 unspecified atom stereocenters. The third-order valence-corrected chi connectivity index (χ3v) is 3.51. The molecule has 0 heterocycles. The average molecular weight is 186 g/mol. The summed E-state index contributed by atoms with van der Waals surface area (Å²) in [7, 11) is 0. The smallest absolute Gasteiger partial charge is 0.0678 e. The first-order chi connectivity index (χ1) is 6.15. The van der Waals surface area contributed by atoms with E-state index in [2.05, 4.69) is 20.8 Å². The zero-order valence-corrected chi connectivity index (χ0v) is 9.05. The topological polar surface area (TPSA) is 29.5 Å². The molecule has 0 spiro atoms. The molecule has 0 aromatic carbocycles. The molecule has 1 fully saturated rings. The van der Waals surface area contributed by atoms with Crippen molar-refractivity contribution in [1.29, 1.82) is 0 Å². The molecule has 0 saturated heterocycles. The first-order valence-electron chi connectivity index (χ1n) is 5.44. The number of unbranched alkanes of at least 4 members (excludes halogenated alkanes) is 1. The van der Waals surface area contributed by atoms with Gasteiger partial charge in [0.05, 0.1) is 12.2 Å². The number of hydrogen-bond acceptors (Lipinski definition) is 2. The summed E-state index contributed by atoms with van der Waals surface area (Å²) >= 11 is 0. The van der Waals surface area contributed by atoms with Gasteiger partial charge in [-0.05, 0) is 12.8 Å². The lowest BCUT2D eigenvalue weighted by atomic mass is 9.63. The van der Waals surface area contributed by atoms with Crippen molar-refractivity contribution < 1.29 is 9.84 Å². The van der Waals surface area contributed by atoms with Crippen molar-refractivity contribution in [2.24, 2.45) is 5.41 Å². The van der Waals surface area contributed by atoms with Crippen LogP contribution in [0.4, 0.5) is 0 Å². The summed E-state index contributed by atoms with van der Waals surface area (Å²) in [5.74, 6) is 0. The highest BCUT2D eigenvalue weighted by molar-refractivity contribution is 5.00. The zero-order chi connectivity index (χ0) is 9.90. The van der Waals surface area contributed by atoms with Crippen LogP contribution in [0.25, 0.3) is 0 Å². The molecule has 0 aromatic heterocycles. The van der Waals surface area contributed by atoms with Crippen LogP contribution in [0.1, 0.15) is 46.5 Å². The molecule has 1 N–H and O–H groups in total. The van der Waals surface area contributed by atoms with Gasteiger partial charge in [0.2, 0.25) is 0 Å². The van der Waals surface area contributed by atoms with Gasteiger partial charge in [0.25, 0.3) is 0 Å². The van der Waals surface area contributed by atoms with Crippen LogP contribution in [0.3, 0.4) is 0 Å². The highest BCUT2D eigenvalue weighted by Gasteiger charge is 2.50. The summed E-state index contributed by atoms with van der Waals surface area (Å²) in [6.07, 6.45) is 4.28. The average Bonchev–Trinajstić information content (AvgIpc) is 2.15. The monoisotopic (exact) mass is 186 g/mol.